The number of piperidine rings is 1. The van der Waals surface area contributed by atoms with Gasteiger partial charge in [-0.05, 0) is 36.1 Å². The maximum absolute atomic E-state index is 13.8. The van der Waals surface area contributed by atoms with Crippen LogP contribution in [0, 0.1) is 5.82 Å². The Morgan fingerprint density at radius 1 is 1.04 bits per heavy atom. The number of nitrogens with zero attached hydrogens (tertiary/aromatic N) is 1. The number of aryl methyl sites for hydroxylation is 2. The molecule has 0 radical (unpaired) electrons. The minimum absolute atomic E-state index is 0.0898. The van der Waals surface area contributed by atoms with E-state index in [9.17, 15) is 14.0 Å². The van der Waals surface area contributed by atoms with E-state index in [0.717, 1.165) is 12.0 Å². The second-order valence-corrected chi connectivity index (χ2v) is 7.13. The summed E-state index contributed by atoms with van der Waals surface area (Å²) < 4.78 is 19.4. The molecule has 0 unspecified atom stereocenters. The maximum Gasteiger partial charge on any atom is 0.306 e. The molecule has 2 aromatic carbocycles. The van der Waals surface area contributed by atoms with Crippen molar-refractivity contribution >= 4 is 11.9 Å². The van der Waals surface area contributed by atoms with Gasteiger partial charge in [0.25, 0.3) is 5.91 Å². The molecule has 1 aliphatic heterocycles. The van der Waals surface area contributed by atoms with Gasteiger partial charge in [0, 0.05) is 32.4 Å². The van der Waals surface area contributed by atoms with Gasteiger partial charge < -0.3 is 9.64 Å². The first-order valence-corrected chi connectivity index (χ1v) is 9.88. The Hall–Kier alpha value is -2.69. The zero-order valence-corrected chi connectivity index (χ0v) is 16.2. The molecule has 1 fully saturated rings. The summed E-state index contributed by atoms with van der Waals surface area (Å²) in [4.78, 5) is 26.2. The Kier molecular flexibility index (Phi) is 6.80. The van der Waals surface area contributed by atoms with Crippen LogP contribution in [0.3, 0.4) is 0 Å². The van der Waals surface area contributed by atoms with Gasteiger partial charge in [0.15, 0.2) is 0 Å². The number of esters is 1. The molecule has 2 aromatic rings. The predicted octanol–water partition coefficient (Wildman–Crippen LogP) is 4.17. The smallest absolute Gasteiger partial charge is 0.306 e. The van der Waals surface area contributed by atoms with Crippen LogP contribution in [0.5, 0.6) is 0 Å². The third-order valence-corrected chi connectivity index (χ3v) is 5.18. The fourth-order valence-corrected chi connectivity index (χ4v) is 3.41. The van der Waals surface area contributed by atoms with Gasteiger partial charge in [-0.2, -0.15) is 0 Å². The first-order valence-electron chi connectivity index (χ1n) is 9.88. The Bertz CT molecular complexity index is 811. The van der Waals surface area contributed by atoms with Gasteiger partial charge in [-0.25, -0.2) is 4.39 Å². The molecule has 1 amide bonds. The Morgan fingerprint density at radius 3 is 2.32 bits per heavy atom. The summed E-state index contributed by atoms with van der Waals surface area (Å²) in [7, 11) is 0. The largest absolute Gasteiger partial charge is 0.462 e. The normalized spacial score (nSPS) is 14.7. The lowest BCUT2D eigenvalue weighted by Gasteiger charge is -2.31. The van der Waals surface area contributed by atoms with Crippen molar-refractivity contribution in [2.45, 2.75) is 45.1 Å². The number of ether oxygens (including phenoxy) is 1. The first kappa shape index (κ1) is 20.1. The summed E-state index contributed by atoms with van der Waals surface area (Å²) in [6.07, 6.45) is 2.99. The Morgan fingerprint density at radius 2 is 1.68 bits per heavy atom. The van der Waals surface area contributed by atoms with Crippen molar-refractivity contribution in [3.63, 3.8) is 0 Å². The number of likely N-dealkylation sites (tertiary alicyclic amines) is 1. The van der Waals surface area contributed by atoms with E-state index >= 15 is 0 Å². The van der Waals surface area contributed by atoms with Crippen LogP contribution >= 0.6 is 0 Å². The van der Waals surface area contributed by atoms with E-state index in [1.807, 2.05) is 0 Å². The number of carbonyl (C=O) groups is 2. The molecule has 0 aliphatic carbocycles. The van der Waals surface area contributed by atoms with Crippen LogP contribution in [0.4, 0.5) is 4.39 Å². The number of halogens is 1. The number of benzene rings is 2. The Balaban J connectivity index is 1.42. The second kappa shape index (κ2) is 9.49. The molecule has 0 aromatic heterocycles. The fourth-order valence-electron chi connectivity index (χ4n) is 3.41. The highest BCUT2D eigenvalue weighted by Gasteiger charge is 2.26. The maximum atomic E-state index is 13.8. The summed E-state index contributed by atoms with van der Waals surface area (Å²) in [6.45, 7) is 3.04. The van der Waals surface area contributed by atoms with Gasteiger partial charge in [0.05, 0.1) is 5.56 Å². The third-order valence-electron chi connectivity index (χ3n) is 5.18. The molecule has 4 nitrogen and oxygen atoms in total. The molecule has 0 spiro atoms. The average Bonchev–Trinajstić information content (AvgIpc) is 2.73. The third kappa shape index (κ3) is 5.18. The standard InChI is InChI=1S/C23H26FNO3/c1-2-17-7-9-18(10-8-17)11-12-22(26)28-19-13-15-25(16-14-19)23(27)20-5-3-4-6-21(20)24/h3-10,19H,2,11-16H2,1H3. The van der Waals surface area contributed by atoms with E-state index < -0.39 is 5.82 Å². The Labute approximate surface area is 165 Å². The van der Waals surface area contributed by atoms with Gasteiger partial charge in [-0.15, -0.1) is 0 Å². The van der Waals surface area contributed by atoms with Crippen LogP contribution in [-0.2, 0) is 22.4 Å². The summed E-state index contributed by atoms with van der Waals surface area (Å²) in [5, 5.41) is 0. The molecule has 148 valence electrons. The highest BCUT2D eigenvalue weighted by molar-refractivity contribution is 5.94. The summed E-state index contributed by atoms with van der Waals surface area (Å²) >= 11 is 0. The highest BCUT2D eigenvalue weighted by atomic mass is 19.1. The molecular formula is C23H26FNO3. The SMILES string of the molecule is CCc1ccc(CCC(=O)OC2CCN(C(=O)c3ccccc3F)CC2)cc1. The molecule has 3 rings (SSSR count). The molecule has 28 heavy (non-hydrogen) atoms. The van der Waals surface area contributed by atoms with Gasteiger partial charge in [0.1, 0.15) is 11.9 Å². The highest BCUT2D eigenvalue weighted by Crippen LogP contribution is 2.18. The molecule has 0 atom stereocenters. The van der Waals surface area contributed by atoms with E-state index in [-0.39, 0.29) is 23.5 Å². The summed E-state index contributed by atoms with van der Waals surface area (Å²) in [6, 6.07) is 14.3. The minimum Gasteiger partial charge on any atom is -0.462 e. The molecule has 0 bridgehead atoms. The van der Waals surface area contributed by atoms with Gasteiger partial charge in [-0.3, -0.25) is 9.59 Å². The van der Waals surface area contributed by atoms with E-state index in [2.05, 4.69) is 31.2 Å². The molecule has 5 heteroatoms. The van der Waals surface area contributed by atoms with Crippen LogP contribution < -0.4 is 0 Å². The summed E-state index contributed by atoms with van der Waals surface area (Å²) in [5.41, 5.74) is 2.49. The summed E-state index contributed by atoms with van der Waals surface area (Å²) in [5.74, 6) is -1.02. The number of carbonyl (C=O) groups excluding carboxylic acids is 2. The molecule has 0 N–H and O–H groups in total. The number of amides is 1. The van der Waals surface area contributed by atoms with Crippen molar-refractivity contribution in [3.05, 3.63) is 71.0 Å². The van der Waals surface area contributed by atoms with Crippen LogP contribution in [0.25, 0.3) is 0 Å². The monoisotopic (exact) mass is 383 g/mol. The quantitative estimate of drug-likeness (QED) is 0.704. The number of rotatable bonds is 6. The van der Waals surface area contributed by atoms with Crippen LogP contribution in [0.1, 0.15) is 47.7 Å². The van der Waals surface area contributed by atoms with E-state index in [4.69, 9.17) is 4.74 Å². The van der Waals surface area contributed by atoms with Gasteiger partial charge in [0.2, 0.25) is 0 Å². The van der Waals surface area contributed by atoms with Gasteiger partial charge in [-0.1, -0.05) is 43.3 Å². The lowest BCUT2D eigenvalue weighted by atomic mass is 10.1. The number of hydrogen-bond donors (Lipinski definition) is 0. The van der Waals surface area contributed by atoms with Crippen LogP contribution in [-0.4, -0.2) is 36.0 Å². The molecular weight excluding hydrogens is 357 g/mol. The molecule has 1 heterocycles. The minimum atomic E-state index is -0.506. The van der Waals surface area contributed by atoms with Crippen molar-refractivity contribution in [3.8, 4) is 0 Å². The van der Waals surface area contributed by atoms with Crippen molar-refractivity contribution in [2.24, 2.45) is 0 Å². The van der Waals surface area contributed by atoms with E-state index in [0.29, 0.717) is 38.8 Å². The van der Waals surface area contributed by atoms with Crippen molar-refractivity contribution in [2.75, 3.05) is 13.1 Å². The lowest BCUT2D eigenvalue weighted by Crippen LogP contribution is -2.41. The van der Waals surface area contributed by atoms with Gasteiger partial charge >= 0.3 is 5.97 Å². The van der Waals surface area contributed by atoms with Crippen LogP contribution in [0.2, 0.25) is 0 Å². The van der Waals surface area contributed by atoms with E-state index in [1.54, 1.807) is 17.0 Å². The molecule has 0 saturated carbocycles. The van der Waals surface area contributed by atoms with Crippen molar-refractivity contribution in [1.82, 2.24) is 4.90 Å². The zero-order valence-electron chi connectivity index (χ0n) is 16.2. The van der Waals surface area contributed by atoms with Crippen molar-refractivity contribution < 1.29 is 18.7 Å². The topological polar surface area (TPSA) is 46.6 Å². The first-order chi connectivity index (χ1) is 13.6. The zero-order chi connectivity index (χ0) is 19.9. The molecule has 1 saturated heterocycles. The second-order valence-electron chi connectivity index (χ2n) is 7.13. The van der Waals surface area contributed by atoms with Crippen molar-refractivity contribution in [1.29, 1.82) is 0 Å². The molecule has 1 aliphatic rings. The predicted molar refractivity (Wildman–Crippen MR) is 106 cm³/mol. The fraction of sp³-hybridized carbons (Fsp3) is 0.391. The number of hydrogen-bond acceptors (Lipinski definition) is 3. The lowest BCUT2D eigenvalue weighted by molar-refractivity contribution is -0.150. The van der Waals surface area contributed by atoms with E-state index in [1.165, 1.54) is 17.7 Å². The van der Waals surface area contributed by atoms with Crippen LogP contribution in [0.15, 0.2) is 48.5 Å². The average molecular weight is 383 g/mol.